The van der Waals surface area contributed by atoms with Gasteiger partial charge in [-0.05, 0) is 18.2 Å². The molecule has 0 atom stereocenters. The number of nitrogens with zero attached hydrogens (tertiary/aromatic N) is 2. The third-order valence-electron chi connectivity index (χ3n) is 2.45. The van der Waals surface area contributed by atoms with Crippen molar-refractivity contribution in [1.29, 1.82) is 0 Å². The number of nitro groups is 1. The van der Waals surface area contributed by atoms with E-state index in [0.29, 0.717) is 11.3 Å². The van der Waals surface area contributed by atoms with E-state index in [2.05, 4.69) is 4.98 Å². The zero-order valence-corrected chi connectivity index (χ0v) is 9.66. The van der Waals surface area contributed by atoms with Crippen molar-refractivity contribution in [2.24, 2.45) is 0 Å². The Morgan fingerprint density at radius 2 is 2.00 bits per heavy atom. The van der Waals surface area contributed by atoms with Gasteiger partial charge < -0.3 is 10.5 Å². The van der Waals surface area contributed by atoms with Crippen LogP contribution >= 0.6 is 0 Å². The predicted octanol–water partition coefficient (Wildman–Crippen LogP) is 2.25. The van der Waals surface area contributed by atoms with E-state index in [9.17, 15) is 10.1 Å². The Bertz CT molecular complexity index is 599. The second kappa shape index (κ2) is 4.70. The van der Waals surface area contributed by atoms with E-state index in [1.165, 1.54) is 19.2 Å². The van der Waals surface area contributed by atoms with Gasteiger partial charge in [-0.3, -0.25) is 10.1 Å². The van der Waals surface area contributed by atoms with Crippen LogP contribution in [0.3, 0.4) is 0 Å². The summed E-state index contributed by atoms with van der Waals surface area (Å²) in [5.41, 5.74) is 6.23. The minimum atomic E-state index is -0.492. The van der Waals surface area contributed by atoms with Gasteiger partial charge in [-0.15, -0.1) is 0 Å². The van der Waals surface area contributed by atoms with Crippen LogP contribution in [-0.4, -0.2) is 17.0 Å². The number of aromatic nitrogens is 1. The Hall–Kier alpha value is -2.63. The van der Waals surface area contributed by atoms with E-state index in [-0.39, 0.29) is 17.2 Å². The number of nitrogen functional groups attached to an aromatic ring is 1. The van der Waals surface area contributed by atoms with Crippen LogP contribution in [0.4, 0.5) is 11.5 Å². The fourth-order valence-corrected chi connectivity index (χ4v) is 1.65. The highest BCUT2D eigenvalue weighted by Crippen LogP contribution is 2.34. The van der Waals surface area contributed by atoms with Crippen molar-refractivity contribution < 1.29 is 9.66 Å². The lowest BCUT2D eigenvalue weighted by Crippen LogP contribution is -1.99. The Kier molecular flexibility index (Phi) is 3.09. The van der Waals surface area contributed by atoms with Gasteiger partial charge in [-0.1, -0.05) is 12.1 Å². The largest absolute Gasteiger partial charge is 0.496 e. The monoisotopic (exact) mass is 245 g/mol. The van der Waals surface area contributed by atoms with Crippen molar-refractivity contribution in [2.75, 3.05) is 12.8 Å². The van der Waals surface area contributed by atoms with Crippen LogP contribution in [0.1, 0.15) is 0 Å². The number of rotatable bonds is 3. The lowest BCUT2D eigenvalue weighted by atomic mass is 10.1. The van der Waals surface area contributed by atoms with Gasteiger partial charge in [0.1, 0.15) is 11.6 Å². The number of hydrogen-bond acceptors (Lipinski definition) is 5. The van der Waals surface area contributed by atoms with Crippen LogP contribution in [-0.2, 0) is 0 Å². The van der Waals surface area contributed by atoms with E-state index in [0.717, 1.165) is 0 Å². The lowest BCUT2D eigenvalue weighted by molar-refractivity contribution is -0.384. The van der Waals surface area contributed by atoms with E-state index in [4.69, 9.17) is 10.5 Å². The molecule has 2 aromatic rings. The fourth-order valence-electron chi connectivity index (χ4n) is 1.65. The lowest BCUT2D eigenvalue weighted by Gasteiger charge is -2.08. The second-order valence-electron chi connectivity index (χ2n) is 3.56. The number of anilines is 1. The van der Waals surface area contributed by atoms with Gasteiger partial charge in [0, 0.05) is 11.6 Å². The molecule has 0 saturated carbocycles. The number of para-hydroxylation sites is 1. The van der Waals surface area contributed by atoms with Crippen LogP contribution in [0.2, 0.25) is 0 Å². The molecule has 18 heavy (non-hydrogen) atoms. The summed E-state index contributed by atoms with van der Waals surface area (Å²) in [5, 5.41) is 11.0. The molecule has 0 aliphatic carbocycles. The minimum Gasteiger partial charge on any atom is -0.496 e. The summed E-state index contributed by atoms with van der Waals surface area (Å²) in [5.74, 6) is 0.736. The first-order valence-corrected chi connectivity index (χ1v) is 5.18. The van der Waals surface area contributed by atoms with Gasteiger partial charge in [0.25, 0.3) is 5.69 Å². The molecule has 0 fully saturated rings. The summed E-state index contributed by atoms with van der Waals surface area (Å²) in [6.45, 7) is 0. The normalized spacial score (nSPS) is 10.1. The molecule has 0 unspecified atom stereocenters. The second-order valence-corrected chi connectivity index (χ2v) is 3.56. The molecule has 0 radical (unpaired) electrons. The van der Waals surface area contributed by atoms with E-state index < -0.39 is 4.92 Å². The average molecular weight is 245 g/mol. The molecule has 92 valence electrons. The first kappa shape index (κ1) is 11.8. The molecule has 1 aromatic heterocycles. The first-order chi connectivity index (χ1) is 8.63. The van der Waals surface area contributed by atoms with Gasteiger partial charge >= 0.3 is 0 Å². The minimum absolute atomic E-state index is 0.103. The van der Waals surface area contributed by atoms with Gasteiger partial charge in [-0.25, -0.2) is 4.98 Å². The summed E-state index contributed by atoms with van der Waals surface area (Å²) in [7, 11) is 1.50. The molecular formula is C12H11N3O3. The zero-order valence-electron chi connectivity index (χ0n) is 9.66. The summed E-state index contributed by atoms with van der Waals surface area (Å²) in [6, 6.07) is 9.69. The number of methoxy groups -OCH3 is 1. The number of pyridine rings is 1. The topological polar surface area (TPSA) is 91.3 Å². The number of hydrogen-bond donors (Lipinski definition) is 1. The van der Waals surface area contributed by atoms with E-state index in [1.54, 1.807) is 24.3 Å². The Labute approximate surface area is 103 Å². The molecule has 6 heteroatoms. The Morgan fingerprint density at radius 1 is 1.28 bits per heavy atom. The molecule has 0 bridgehead atoms. The van der Waals surface area contributed by atoms with Crippen molar-refractivity contribution >= 4 is 11.5 Å². The number of ether oxygens (including phenoxy) is 1. The van der Waals surface area contributed by atoms with Gasteiger partial charge in [-0.2, -0.15) is 0 Å². The predicted molar refractivity (Wildman–Crippen MR) is 67.3 cm³/mol. The molecule has 2 rings (SSSR count). The third-order valence-corrected chi connectivity index (χ3v) is 2.45. The van der Waals surface area contributed by atoms with Gasteiger partial charge in [0.15, 0.2) is 5.69 Å². The van der Waals surface area contributed by atoms with Crippen molar-refractivity contribution in [3.63, 3.8) is 0 Å². The summed E-state index contributed by atoms with van der Waals surface area (Å²) < 4.78 is 5.17. The van der Waals surface area contributed by atoms with Crippen molar-refractivity contribution in [3.8, 4) is 17.0 Å². The maximum atomic E-state index is 11.0. The summed E-state index contributed by atoms with van der Waals surface area (Å²) in [6.07, 6.45) is 0. The van der Waals surface area contributed by atoms with Gasteiger partial charge in [0.2, 0.25) is 0 Å². The SMILES string of the molecule is COc1ccccc1-c1nc(N)ccc1[N+](=O)[O-]. The van der Waals surface area contributed by atoms with Crippen LogP contribution in [0.5, 0.6) is 5.75 Å². The Balaban J connectivity index is 2.69. The molecule has 0 spiro atoms. The van der Waals surface area contributed by atoms with E-state index >= 15 is 0 Å². The molecule has 0 amide bonds. The highest BCUT2D eigenvalue weighted by molar-refractivity contribution is 5.75. The van der Waals surface area contributed by atoms with Crippen molar-refractivity contribution in [1.82, 2.24) is 4.98 Å². The zero-order chi connectivity index (χ0) is 13.1. The van der Waals surface area contributed by atoms with Crippen LogP contribution in [0, 0.1) is 10.1 Å². The molecule has 1 aromatic carbocycles. The molecule has 0 aliphatic rings. The molecule has 1 heterocycles. The summed E-state index contributed by atoms with van der Waals surface area (Å²) in [4.78, 5) is 14.5. The maximum Gasteiger partial charge on any atom is 0.295 e. The highest BCUT2D eigenvalue weighted by atomic mass is 16.6. The fraction of sp³-hybridized carbons (Fsp3) is 0.0833. The average Bonchev–Trinajstić information content (AvgIpc) is 2.38. The third kappa shape index (κ3) is 2.08. The standard InChI is InChI=1S/C12H11N3O3/c1-18-10-5-3-2-4-8(10)12-9(15(16)17)6-7-11(13)14-12/h2-7H,1H3,(H2,13,14). The smallest absolute Gasteiger partial charge is 0.295 e. The first-order valence-electron chi connectivity index (χ1n) is 5.18. The van der Waals surface area contributed by atoms with Crippen LogP contribution in [0.25, 0.3) is 11.3 Å². The molecular weight excluding hydrogens is 234 g/mol. The molecule has 2 N–H and O–H groups in total. The van der Waals surface area contributed by atoms with Crippen molar-refractivity contribution in [3.05, 3.63) is 46.5 Å². The molecule has 0 saturated heterocycles. The quantitative estimate of drug-likeness (QED) is 0.661. The molecule has 6 nitrogen and oxygen atoms in total. The number of nitrogens with two attached hydrogens (primary N) is 1. The maximum absolute atomic E-state index is 11.0. The highest BCUT2D eigenvalue weighted by Gasteiger charge is 2.19. The number of benzene rings is 1. The molecule has 0 aliphatic heterocycles. The van der Waals surface area contributed by atoms with Gasteiger partial charge in [0.05, 0.1) is 12.0 Å². The van der Waals surface area contributed by atoms with Crippen LogP contribution < -0.4 is 10.5 Å². The Morgan fingerprint density at radius 3 is 2.67 bits per heavy atom. The van der Waals surface area contributed by atoms with Crippen molar-refractivity contribution in [2.45, 2.75) is 0 Å². The van der Waals surface area contributed by atoms with Crippen LogP contribution in [0.15, 0.2) is 36.4 Å². The van der Waals surface area contributed by atoms with E-state index in [1.807, 2.05) is 0 Å². The summed E-state index contributed by atoms with van der Waals surface area (Å²) >= 11 is 0.